The smallest absolute Gasteiger partial charge is 0.160 e. The molecule has 4 aromatic rings. The summed E-state index contributed by atoms with van der Waals surface area (Å²) in [6, 6.07) is 27.8. The summed E-state index contributed by atoms with van der Waals surface area (Å²) in [6.07, 6.45) is 0. The molecule has 2 nitrogen and oxygen atoms in total. The first kappa shape index (κ1) is 17.0. The second-order valence-electron chi connectivity index (χ2n) is 5.82. The van der Waals surface area contributed by atoms with Crippen LogP contribution in [0.25, 0.3) is 33.9 Å². The molecule has 0 bridgehead atoms. The average molecular weight is 422 g/mol. The molecule has 0 atom stereocenters. The van der Waals surface area contributed by atoms with Crippen molar-refractivity contribution in [3.05, 3.63) is 94.4 Å². The Hall–Kier alpha value is -2.49. The molecule has 0 aliphatic carbocycles. The van der Waals surface area contributed by atoms with Crippen molar-refractivity contribution in [3.8, 4) is 33.9 Å². The Bertz CT molecular complexity index is 992. The number of aromatic nitrogens is 2. The van der Waals surface area contributed by atoms with Crippen LogP contribution in [0.2, 0.25) is 5.02 Å². The molecule has 1 aromatic heterocycles. The van der Waals surface area contributed by atoms with Gasteiger partial charge in [0, 0.05) is 21.2 Å². The van der Waals surface area contributed by atoms with Crippen molar-refractivity contribution in [1.29, 1.82) is 0 Å². The molecule has 0 spiro atoms. The zero-order valence-electron chi connectivity index (χ0n) is 13.7. The number of benzene rings is 3. The van der Waals surface area contributed by atoms with Crippen LogP contribution in [0.4, 0.5) is 0 Å². The summed E-state index contributed by atoms with van der Waals surface area (Å²) < 4.78 is 0.957. The molecule has 0 saturated carbocycles. The third-order valence-corrected chi connectivity index (χ3v) is 4.85. The van der Waals surface area contributed by atoms with E-state index < -0.39 is 0 Å². The molecule has 0 fully saturated rings. The second-order valence-corrected chi connectivity index (χ2v) is 7.14. The Morgan fingerprint density at radius 2 is 1.27 bits per heavy atom. The van der Waals surface area contributed by atoms with Gasteiger partial charge in [-0.1, -0.05) is 88.2 Å². The van der Waals surface area contributed by atoms with Gasteiger partial charge < -0.3 is 0 Å². The van der Waals surface area contributed by atoms with Gasteiger partial charge in [0.15, 0.2) is 5.82 Å². The van der Waals surface area contributed by atoms with Crippen LogP contribution < -0.4 is 0 Å². The molecule has 0 amide bonds. The van der Waals surface area contributed by atoms with E-state index in [9.17, 15) is 0 Å². The Kier molecular flexibility index (Phi) is 4.83. The standard InChI is InChI=1S/C22H14BrClN2/c23-17-11-12-19(24)18(13-17)21-14-20(15-7-3-1-4-8-15)25-22(26-21)16-9-5-2-6-10-16/h1-14H. The highest BCUT2D eigenvalue weighted by Crippen LogP contribution is 2.33. The molecule has 3 aromatic carbocycles. The van der Waals surface area contributed by atoms with E-state index in [0.29, 0.717) is 10.8 Å². The average Bonchev–Trinajstić information content (AvgIpc) is 2.71. The maximum absolute atomic E-state index is 6.45. The number of hydrogen-bond donors (Lipinski definition) is 0. The van der Waals surface area contributed by atoms with Crippen molar-refractivity contribution in [2.24, 2.45) is 0 Å². The lowest BCUT2D eigenvalue weighted by molar-refractivity contribution is 1.18. The van der Waals surface area contributed by atoms with Gasteiger partial charge in [-0.3, -0.25) is 0 Å². The van der Waals surface area contributed by atoms with Crippen LogP contribution in [-0.4, -0.2) is 9.97 Å². The fraction of sp³-hybridized carbons (Fsp3) is 0. The lowest BCUT2D eigenvalue weighted by atomic mass is 10.1. The van der Waals surface area contributed by atoms with E-state index >= 15 is 0 Å². The molecule has 0 N–H and O–H groups in total. The molecule has 0 aliphatic rings. The number of rotatable bonds is 3. The first-order valence-corrected chi connectivity index (χ1v) is 9.33. The monoisotopic (exact) mass is 420 g/mol. The third-order valence-electron chi connectivity index (χ3n) is 4.03. The Morgan fingerprint density at radius 3 is 1.96 bits per heavy atom. The minimum atomic E-state index is 0.657. The largest absolute Gasteiger partial charge is 0.228 e. The van der Waals surface area contributed by atoms with Crippen LogP contribution in [0.1, 0.15) is 0 Å². The molecule has 0 aliphatic heterocycles. The van der Waals surface area contributed by atoms with Crippen LogP contribution >= 0.6 is 27.5 Å². The fourth-order valence-electron chi connectivity index (χ4n) is 2.75. The van der Waals surface area contributed by atoms with Crippen LogP contribution in [0.15, 0.2) is 89.4 Å². The molecule has 126 valence electrons. The van der Waals surface area contributed by atoms with Crippen molar-refractivity contribution in [1.82, 2.24) is 9.97 Å². The molecule has 0 unspecified atom stereocenters. The topological polar surface area (TPSA) is 25.8 Å². The van der Waals surface area contributed by atoms with Gasteiger partial charge in [0.05, 0.1) is 16.4 Å². The van der Waals surface area contributed by atoms with Crippen LogP contribution in [0, 0.1) is 0 Å². The zero-order valence-corrected chi connectivity index (χ0v) is 16.1. The van der Waals surface area contributed by atoms with Gasteiger partial charge in [0.2, 0.25) is 0 Å². The Balaban J connectivity index is 1.95. The number of nitrogens with zero attached hydrogens (tertiary/aromatic N) is 2. The Morgan fingerprint density at radius 1 is 0.654 bits per heavy atom. The first-order chi connectivity index (χ1) is 12.7. The minimum Gasteiger partial charge on any atom is -0.228 e. The zero-order chi connectivity index (χ0) is 17.9. The summed E-state index contributed by atoms with van der Waals surface area (Å²) in [5.41, 5.74) is 4.55. The van der Waals surface area contributed by atoms with Crippen molar-refractivity contribution in [2.45, 2.75) is 0 Å². The summed E-state index contributed by atoms with van der Waals surface area (Å²) in [5, 5.41) is 0.657. The fourth-order valence-corrected chi connectivity index (χ4v) is 3.33. The van der Waals surface area contributed by atoms with Crippen molar-refractivity contribution in [2.75, 3.05) is 0 Å². The number of hydrogen-bond acceptors (Lipinski definition) is 2. The second kappa shape index (κ2) is 7.40. The molecular formula is C22H14BrClN2. The Labute approximate surface area is 165 Å². The van der Waals surface area contributed by atoms with Crippen molar-refractivity contribution >= 4 is 27.5 Å². The lowest BCUT2D eigenvalue weighted by Gasteiger charge is -2.10. The summed E-state index contributed by atoms with van der Waals surface area (Å²) in [7, 11) is 0. The molecule has 1 heterocycles. The van der Waals surface area contributed by atoms with Crippen molar-refractivity contribution in [3.63, 3.8) is 0 Å². The normalized spacial score (nSPS) is 10.7. The van der Waals surface area contributed by atoms with E-state index in [4.69, 9.17) is 21.6 Å². The molecule has 0 saturated heterocycles. The van der Waals surface area contributed by atoms with Gasteiger partial charge in [0.25, 0.3) is 0 Å². The molecule has 4 heteroatoms. The summed E-state index contributed by atoms with van der Waals surface area (Å²) in [6.45, 7) is 0. The predicted octanol–water partition coefficient (Wildman–Crippen LogP) is 6.89. The summed E-state index contributed by atoms with van der Waals surface area (Å²) in [4.78, 5) is 9.57. The molecule has 26 heavy (non-hydrogen) atoms. The van der Waals surface area contributed by atoms with Crippen molar-refractivity contribution < 1.29 is 0 Å². The summed E-state index contributed by atoms with van der Waals surface area (Å²) in [5.74, 6) is 0.679. The van der Waals surface area contributed by atoms with Gasteiger partial charge in [-0.15, -0.1) is 0 Å². The highest BCUT2D eigenvalue weighted by atomic mass is 79.9. The van der Waals surface area contributed by atoms with Crippen LogP contribution in [-0.2, 0) is 0 Å². The molecule has 0 radical (unpaired) electrons. The number of halogens is 2. The van der Waals surface area contributed by atoms with Gasteiger partial charge in [-0.05, 0) is 24.3 Å². The van der Waals surface area contributed by atoms with E-state index in [1.165, 1.54) is 0 Å². The quantitative estimate of drug-likeness (QED) is 0.360. The first-order valence-electron chi connectivity index (χ1n) is 8.16. The van der Waals surface area contributed by atoms with Crippen LogP contribution in [0.5, 0.6) is 0 Å². The third kappa shape index (κ3) is 3.55. The highest BCUT2D eigenvalue weighted by molar-refractivity contribution is 9.10. The SMILES string of the molecule is Clc1ccc(Br)cc1-c1cc(-c2ccccc2)nc(-c2ccccc2)n1. The molecular weight excluding hydrogens is 408 g/mol. The van der Waals surface area contributed by atoms with E-state index in [2.05, 4.69) is 15.9 Å². The molecule has 4 rings (SSSR count). The van der Waals surface area contributed by atoms with E-state index in [0.717, 1.165) is 32.6 Å². The lowest BCUT2D eigenvalue weighted by Crippen LogP contribution is -1.96. The summed E-state index contributed by atoms with van der Waals surface area (Å²) >= 11 is 9.96. The minimum absolute atomic E-state index is 0.657. The van der Waals surface area contributed by atoms with E-state index in [1.807, 2.05) is 84.9 Å². The van der Waals surface area contributed by atoms with Gasteiger partial charge >= 0.3 is 0 Å². The highest BCUT2D eigenvalue weighted by Gasteiger charge is 2.12. The van der Waals surface area contributed by atoms with E-state index in [-0.39, 0.29) is 0 Å². The van der Waals surface area contributed by atoms with Gasteiger partial charge in [-0.25, -0.2) is 9.97 Å². The van der Waals surface area contributed by atoms with E-state index in [1.54, 1.807) is 0 Å². The maximum atomic E-state index is 6.45. The van der Waals surface area contributed by atoms with Gasteiger partial charge in [-0.2, -0.15) is 0 Å². The predicted molar refractivity (Wildman–Crippen MR) is 111 cm³/mol. The maximum Gasteiger partial charge on any atom is 0.160 e. The van der Waals surface area contributed by atoms with Crippen LogP contribution in [0.3, 0.4) is 0 Å². The van der Waals surface area contributed by atoms with Gasteiger partial charge in [0.1, 0.15) is 0 Å².